The zero-order valence-electron chi connectivity index (χ0n) is 12.3. The molecule has 1 fully saturated rings. The molecule has 1 aliphatic heterocycles. The van der Waals surface area contributed by atoms with Gasteiger partial charge >= 0.3 is 0 Å². The van der Waals surface area contributed by atoms with Crippen LogP contribution in [-0.2, 0) is 4.74 Å². The number of nitrogens with two attached hydrogens (primary N) is 1. The van der Waals surface area contributed by atoms with Gasteiger partial charge in [-0.15, -0.1) is 0 Å². The maximum absolute atomic E-state index is 8.97. The summed E-state index contributed by atoms with van der Waals surface area (Å²) in [7, 11) is 0. The topological polar surface area (TPSA) is 71.1 Å². The Kier molecular flexibility index (Phi) is 5.87. The summed E-state index contributed by atoms with van der Waals surface area (Å²) in [5.41, 5.74) is 7.53. The average molecular weight is 356 g/mol. The van der Waals surface area contributed by atoms with Crippen LogP contribution < -0.4 is 10.6 Å². The van der Waals surface area contributed by atoms with E-state index in [1.807, 2.05) is 18.2 Å². The van der Waals surface area contributed by atoms with Gasteiger partial charge in [-0.25, -0.2) is 0 Å². The molecular formula is C15H22BrN3O2. The van der Waals surface area contributed by atoms with Crippen molar-refractivity contribution in [3.8, 4) is 0 Å². The van der Waals surface area contributed by atoms with Crippen LogP contribution in [0.25, 0.3) is 0 Å². The molecule has 5 nitrogen and oxygen atoms in total. The summed E-state index contributed by atoms with van der Waals surface area (Å²) in [6, 6.07) is 5.85. The van der Waals surface area contributed by atoms with Gasteiger partial charge in [-0.3, -0.25) is 0 Å². The average Bonchev–Trinajstić information content (AvgIpc) is 2.52. The molecule has 1 aromatic rings. The van der Waals surface area contributed by atoms with Gasteiger partial charge in [-0.05, 0) is 37.5 Å². The second kappa shape index (κ2) is 7.66. The Morgan fingerprint density at radius 1 is 1.57 bits per heavy atom. The largest absolute Gasteiger partial charge is 0.409 e. The van der Waals surface area contributed by atoms with Gasteiger partial charge in [0.05, 0.1) is 6.10 Å². The summed E-state index contributed by atoms with van der Waals surface area (Å²) in [6.07, 6.45) is 3.46. The van der Waals surface area contributed by atoms with Crippen molar-refractivity contribution in [1.82, 2.24) is 0 Å². The van der Waals surface area contributed by atoms with Crippen LogP contribution in [0.4, 0.5) is 5.69 Å². The summed E-state index contributed by atoms with van der Waals surface area (Å²) in [5.74, 6) is 0.128. The molecule has 1 heterocycles. The number of piperidine rings is 1. The lowest BCUT2D eigenvalue weighted by Crippen LogP contribution is -2.40. The number of amidine groups is 1. The monoisotopic (exact) mass is 355 g/mol. The fourth-order valence-corrected chi connectivity index (χ4v) is 2.98. The minimum atomic E-state index is 0.128. The molecule has 0 amide bonds. The molecule has 0 saturated carbocycles. The highest BCUT2D eigenvalue weighted by molar-refractivity contribution is 9.10. The zero-order chi connectivity index (χ0) is 15.2. The van der Waals surface area contributed by atoms with Crippen molar-refractivity contribution in [2.45, 2.75) is 32.3 Å². The molecule has 6 heteroatoms. The molecule has 0 bridgehead atoms. The molecule has 1 aliphatic rings. The van der Waals surface area contributed by atoms with Crippen molar-refractivity contribution in [2.75, 3.05) is 24.6 Å². The third-order valence-electron chi connectivity index (χ3n) is 3.62. The number of halogens is 1. The summed E-state index contributed by atoms with van der Waals surface area (Å²) in [5, 5.41) is 12.1. The van der Waals surface area contributed by atoms with E-state index in [1.165, 1.54) is 0 Å². The number of rotatable bonds is 5. The zero-order valence-corrected chi connectivity index (χ0v) is 13.8. The van der Waals surface area contributed by atoms with E-state index in [4.69, 9.17) is 15.7 Å². The standard InChI is InChI=1S/C15H22BrN3O2/c1-2-8-21-12-4-3-7-19(10-12)14-6-5-11(16)9-13(14)15(17)18-20/h5-6,9,12,20H,2-4,7-8,10H2,1H3,(H2,17,18). The predicted octanol–water partition coefficient (Wildman–Crippen LogP) is 2.94. The molecule has 1 atom stereocenters. The smallest absolute Gasteiger partial charge is 0.172 e. The fourth-order valence-electron chi connectivity index (χ4n) is 2.62. The highest BCUT2D eigenvalue weighted by Gasteiger charge is 2.23. The molecule has 3 N–H and O–H groups in total. The molecule has 2 rings (SSSR count). The molecule has 1 unspecified atom stereocenters. The van der Waals surface area contributed by atoms with Gasteiger partial charge in [0.25, 0.3) is 0 Å². The summed E-state index contributed by atoms with van der Waals surface area (Å²) >= 11 is 3.43. The maximum Gasteiger partial charge on any atom is 0.172 e. The molecule has 0 aromatic heterocycles. The van der Waals surface area contributed by atoms with E-state index in [0.717, 1.165) is 54.7 Å². The first-order valence-corrected chi connectivity index (χ1v) is 8.09. The first-order chi connectivity index (χ1) is 10.2. The Morgan fingerprint density at radius 2 is 2.38 bits per heavy atom. The van der Waals surface area contributed by atoms with E-state index < -0.39 is 0 Å². The molecule has 116 valence electrons. The van der Waals surface area contributed by atoms with Gasteiger partial charge < -0.3 is 20.6 Å². The summed E-state index contributed by atoms with van der Waals surface area (Å²) in [6.45, 7) is 4.71. The lowest BCUT2D eigenvalue weighted by molar-refractivity contribution is 0.0440. The van der Waals surface area contributed by atoms with Gasteiger partial charge in [0.2, 0.25) is 0 Å². The third-order valence-corrected chi connectivity index (χ3v) is 4.11. The second-order valence-corrected chi connectivity index (χ2v) is 6.14. The number of ether oxygens (including phenoxy) is 1. The minimum Gasteiger partial charge on any atom is -0.409 e. The number of hydrogen-bond acceptors (Lipinski definition) is 4. The molecule has 1 saturated heterocycles. The molecule has 0 radical (unpaired) electrons. The second-order valence-electron chi connectivity index (χ2n) is 5.23. The SMILES string of the molecule is CCCOC1CCCN(c2ccc(Br)cc2/C(N)=N/O)C1. The molecule has 21 heavy (non-hydrogen) atoms. The van der Waals surface area contributed by atoms with E-state index >= 15 is 0 Å². The number of anilines is 1. The van der Waals surface area contributed by atoms with Crippen molar-refractivity contribution in [1.29, 1.82) is 0 Å². The Hall–Kier alpha value is -1.27. The highest BCUT2D eigenvalue weighted by atomic mass is 79.9. The Balaban J connectivity index is 2.20. The first-order valence-electron chi connectivity index (χ1n) is 7.29. The number of benzene rings is 1. The molecule has 0 aliphatic carbocycles. The molecular weight excluding hydrogens is 334 g/mol. The van der Waals surface area contributed by atoms with Crippen molar-refractivity contribution in [2.24, 2.45) is 10.9 Å². The van der Waals surface area contributed by atoms with Crippen LogP contribution in [0.3, 0.4) is 0 Å². The van der Waals surface area contributed by atoms with Crippen molar-refractivity contribution in [3.63, 3.8) is 0 Å². The normalized spacial score (nSPS) is 19.8. The lowest BCUT2D eigenvalue weighted by atomic mass is 10.0. The van der Waals surface area contributed by atoms with Gasteiger partial charge in [0, 0.05) is 35.4 Å². The van der Waals surface area contributed by atoms with Gasteiger partial charge in [-0.2, -0.15) is 0 Å². The highest BCUT2D eigenvalue weighted by Crippen LogP contribution is 2.28. The van der Waals surface area contributed by atoms with E-state index in [9.17, 15) is 0 Å². The summed E-state index contributed by atoms with van der Waals surface area (Å²) < 4.78 is 6.78. The number of oxime groups is 1. The first kappa shape index (κ1) is 16.1. The Bertz CT molecular complexity index is 508. The van der Waals surface area contributed by atoms with Crippen LogP contribution in [0.15, 0.2) is 27.8 Å². The third kappa shape index (κ3) is 4.11. The Morgan fingerprint density at radius 3 is 3.10 bits per heavy atom. The van der Waals surface area contributed by atoms with Crippen LogP contribution >= 0.6 is 15.9 Å². The van der Waals surface area contributed by atoms with Gasteiger partial charge in [-0.1, -0.05) is 28.0 Å². The van der Waals surface area contributed by atoms with E-state index in [1.54, 1.807) is 0 Å². The van der Waals surface area contributed by atoms with Crippen molar-refractivity contribution < 1.29 is 9.94 Å². The van der Waals surface area contributed by atoms with Crippen molar-refractivity contribution >= 4 is 27.5 Å². The van der Waals surface area contributed by atoms with E-state index in [2.05, 4.69) is 32.9 Å². The van der Waals surface area contributed by atoms with E-state index in [-0.39, 0.29) is 11.9 Å². The van der Waals surface area contributed by atoms with Crippen LogP contribution in [0.2, 0.25) is 0 Å². The van der Waals surface area contributed by atoms with Crippen molar-refractivity contribution in [3.05, 3.63) is 28.2 Å². The lowest BCUT2D eigenvalue weighted by Gasteiger charge is -2.35. The number of nitrogens with zero attached hydrogens (tertiary/aromatic N) is 2. The summed E-state index contributed by atoms with van der Waals surface area (Å²) in [4.78, 5) is 2.25. The van der Waals surface area contributed by atoms with Crippen LogP contribution in [0.5, 0.6) is 0 Å². The van der Waals surface area contributed by atoms with Crippen LogP contribution in [0.1, 0.15) is 31.7 Å². The van der Waals surface area contributed by atoms with Crippen LogP contribution in [0, 0.1) is 0 Å². The Labute approximate surface area is 133 Å². The fraction of sp³-hybridized carbons (Fsp3) is 0.533. The number of hydrogen-bond donors (Lipinski definition) is 2. The minimum absolute atomic E-state index is 0.128. The van der Waals surface area contributed by atoms with Gasteiger partial charge in [0.15, 0.2) is 5.84 Å². The predicted molar refractivity (Wildman–Crippen MR) is 88.1 cm³/mol. The quantitative estimate of drug-likeness (QED) is 0.368. The van der Waals surface area contributed by atoms with E-state index in [0.29, 0.717) is 0 Å². The molecule has 0 spiro atoms. The molecule has 1 aromatic carbocycles. The van der Waals surface area contributed by atoms with Gasteiger partial charge in [0.1, 0.15) is 0 Å². The maximum atomic E-state index is 8.97. The van der Waals surface area contributed by atoms with Crippen LogP contribution in [-0.4, -0.2) is 36.8 Å².